The van der Waals surface area contributed by atoms with Gasteiger partial charge in [-0.15, -0.1) is 0 Å². The van der Waals surface area contributed by atoms with Crippen LogP contribution in [0.25, 0.3) is 0 Å². The van der Waals surface area contributed by atoms with E-state index in [9.17, 15) is 4.79 Å². The van der Waals surface area contributed by atoms with Crippen LogP contribution in [0.5, 0.6) is 0 Å². The van der Waals surface area contributed by atoms with E-state index < -0.39 is 11.8 Å². The van der Waals surface area contributed by atoms with Gasteiger partial charge in [-0.05, 0) is 59.7 Å². The predicted octanol–water partition coefficient (Wildman–Crippen LogP) is 3.94. The van der Waals surface area contributed by atoms with Gasteiger partial charge in [-0.25, -0.2) is 4.79 Å². The minimum atomic E-state index is -1.01. The van der Waals surface area contributed by atoms with Crippen molar-refractivity contribution in [3.05, 3.63) is 58.7 Å². The average molecular weight is 326 g/mol. The van der Waals surface area contributed by atoms with Crippen LogP contribution in [0, 0.1) is 11.8 Å². The third-order valence-electron chi connectivity index (χ3n) is 4.66. The van der Waals surface area contributed by atoms with Crippen molar-refractivity contribution in [3.8, 4) is 0 Å². The van der Waals surface area contributed by atoms with E-state index >= 15 is 0 Å². The van der Waals surface area contributed by atoms with E-state index in [1.807, 2.05) is 12.2 Å². The van der Waals surface area contributed by atoms with E-state index in [4.69, 9.17) is 21.7 Å². The maximum atomic E-state index is 12.5. The molecule has 3 aliphatic carbocycles. The van der Waals surface area contributed by atoms with Crippen LogP contribution in [-0.4, -0.2) is 16.8 Å². The van der Waals surface area contributed by atoms with Gasteiger partial charge in [0.05, 0.1) is 0 Å². The second-order valence-electron chi connectivity index (χ2n) is 6.90. The summed E-state index contributed by atoms with van der Waals surface area (Å²) < 4.78 is 11.0. The molecule has 0 aromatic heterocycles. The highest BCUT2D eigenvalue weighted by atomic mass is 32.1. The van der Waals surface area contributed by atoms with Crippen LogP contribution >= 0.6 is 12.2 Å². The van der Waals surface area contributed by atoms with Gasteiger partial charge in [0.25, 0.3) is 0 Å². The van der Waals surface area contributed by atoms with Gasteiger partial charge >= 0.3 is 5.97 Å². The van der Waals surface area contributed by atoms with Crippen molar-refractivity contribution in [2.75, 3.05) is 0 Å². The molecular weight excluding hydrogens is 308 g/mol. The van der Waals surface area contributed by atoms with Crippen LogP contribution in [0.4, 0.5) is 0 Å². The summed E-state index contributed by atoms with van der Waals surface area (Å²) in [5.41, 5.74) is 4.61. The summed E-state index contributed by atoms with van der Waals surface area (Å²) in [5.74, 6) is -0.182. The van der Waals surface area contributed by atoms with Gasteiger partial charge in [0, 0.05) is 19.4 Å². The fourth-order valence-corrected chi connectivity index (χ4v) is 3.84. The summed E-state index contributed by atoms with van der Waals surface area (Å²) in [6, 6.07) is 0. The van der Waals surface area contributed by atoms with Crippen molar-refractivity contribution in [1.29, 1.82) is 0 Å². The van der Waals surface area contributed by atoms with E-state index in [1.54, 1.807) is 13.8 Å². The van der Waals surface area contributed by atoms with Gasteiger partial charge < -0.3 is 9.47 Å². The lowest BCUT2D eigenvalue weighted by Gasteiger charge is -2.34. The largest absolute Gasteiger partial charge is 0.441 e. The number of hydrogen-bond donors (Lipinski definition) is 0. The zero-order valence-corrected chi connectivity index (χ0v) is 14.0. The van der Waals surface area contributed by atoms with Crippen molar-refractivity contribution >= 4 is 23.2 Å². The standard InChI is InChI=1S/C19H18O3S/c1-4-10-5-13-8-11-7-12(11)9-14(13)15(6-10)16-17(20)21-19(2,3)22-18(16)23/h4,6,8-9,11-12H,1,5,7H2,2-3H3/b16-15+. The predicted molar refractivity (Wildman–Crippen MR) is 91.5 cm³/mol. The zero-order valence-electron chi connectivity index (χ0n) is 13.2. The fraction of sp³-hybridized carbons (Fsp3) is 0.368. The van der Waals surface area contributed by atoms with Crippen LogP contribution in [0.15, 0.2) is 58.7 Å². The third kappa shape index (κ3) is 2.41. The lowest BCUT2D eigenvalue weighted by Crippen LogP contribution is -2.41. The fourth-order valence-electron chi connectivity index (χ4n) is 3.45. The maximum absolute atomic E-state index is 12.5. The molecule has 1 saturated heterocycles. The van der Waals surface area contributed by atoms with Crippen molar-refractivity contribution in [2.45, 2.75) is 32.5 Å². The van der Waals surface area contributed by atoms with Gasteiger partial charge in [0.2, 0.25) is 10.8 Å². The van der Waals surface area contributed by atoms with Crippen LogP contribution in [0.2, 0.25) is 0 Å². The van der Waals surface area contributed by atoms with E-state index in [0.29, 0.717) is 17.4 Å². The quantitative estimate of drug-likeness (QED) is 0.415. The monoisotopic (exact) mass is 326 g/mol. The smallest absolute Gasteiger partial charge is 0.346 e. The number of ether oxygens (including phenoxy) is 2. The first kappa shape index (κ1) is 14.6. The SMILES string of the molecule is C=CC1=C/C(=C2/C(=O)OC(C)(C)OC2=S)C2=CC3CC3C=C2C1. The molecule has 3 nitrogen and oxygen atoms in total. The number of hydrogen-bond acceptors (Lipinski definition) is 4. The summed E-state index contributed by atoms with van der Waals surface area (Å²) in [6.07, 6.45) is 10.5. The number of esters is 1. The molecule has 23 heavy (non-hydrogen) atoms. The molecule has 1 saturated carbocycles. The molecule has 0 bridgehead atoms. The number of allylic oxidation sites excluding steroid dienone is 8. The molecule has 0 spiro atoms. The van der Waals surface area contributed by atoms with Crippen molar-refractivity contribution < 1.29 is 14.3 Å². The highest BCUT2D eigenvalue weighted by Crippen LogP contribution is 2.51. The number of rotatable bonds is 1. The van der Waals surface area contributed by atoms with Crippen molar-refractivity contribution in [3.63, 3.8) is 0 Å². The maximum Gasteiger partial charge on any atom is 0.346 e. The van der Waals surface area contributed by atoms with Crippen LogP contribution in [0.1, 0.15) is 26.7 Å². The number of carbonyl (C=O) groups is 1. The van der Waals surface area contributed by atoms with Crippen LogP contribution in [-0.2, 0) is 14.3 Å². The molecule has 2 fully saturated rings. The third-order valence-corrected chi connectivity index (χ3v) is 4.95. The summed E-state index contributed by atoms with van der Waals surface area (Å²) in [4.78, 5) is 12.5. The molecule has 4 aliphatic rings. The first-order chi connectivity index (χ1) is 10.9. The Hall–Kier alpha value is -1.94. The molecule has 0 aromatic carbocycles. The minimum absolute atomic E-state index is 0.209. The number of carbonyl (C=O) groups excluding carboxylic acids is 1. The molecule has 0 aromatic rings. The summed E-state index contributed by atoms with van der Waals surface area (Å²) in [6.45, 7) is 7.24. The first-order valence-electron chi connectivity index (χ1n) is 7.85. The Balaban J connectivity index is 1.88. The van der Waals surface area contributed by atoms with E-state index in [-0.39, 0.29) is 5.05 Å². The zero-order chi connectivity index (χ0) is 16.4. The van der Waals surface area contributed by atoms with E-state index in [2.05, 4.69) is 18.7 Å². The van der Waals surface area contributed by atoms with Gasteiger partial charge in [0.1, 0.15) is 5.57 Å². The average Bonchev–Trinajstić information content (AvgIpc) is 3.20. The second-order valence-corrected chi connectivity index (χ2v) is 7.27. The van der Waals surface area contributed by atoms with E-state index in [1.165, 1.54) is 12.0 Å². The molecule has 0 amide bonds. The molecule has 0 N–H and O–H groups in total. The Labute approximate surface area is 141 Å². The molecule has 2 atom stereocenters. The normalized spacial score (nSPS) is 34.1. The Kier molecular flexibility index (Phi) is 3.04. The molecular formula is C19H18O3S. The highest BCUT2D eigenvalue weighted by molar-refractivity contribution is 7.80. The minimum Gasteiger partial charge on any atom is -0.441 e. The Morgan fingerprint density at radius 2 is 2.04 bits per heavy atom. The Bertz CT molecular complexity index is 754. The van der Waals surface area contributed by atoms with Gasteiger partial charge in [-0.3, -0.25) is 0 Å². The first-order valence-corrected chi connectivity index (χ1v) is 8.26. The molecule has 4 rings (SSSR count). The van der Waals surface area contributed by atoms with Crippen LogP contribution in [0.3, 0.4) is 0 Å². The number of cyclic esters (lactones) is 1. The van der Waals surface area contributed by atoms with Crippen LogP contribution < -0.4 is 0 Å². The molecule has 2 unspecified atom stereocenters. The van der Waals surface area contributed by atoms with Crippen molar-refractivity contribution in [2.24, 2.45) is 11.8 Å². The van der Waals surface area contributed by atoms with Gasteiger partial charge in [-0.2, -0.15) is 0 Å². The molecule has 118 valence electrons. The summed E-state index contributed by atoms with van der Waals surface area (Å²) in [5, 5.41) is 0.209. The van der Waals surface area contributed by atoms with Gasteiger partial charge in [0.15, 0.2) is 0 Å². The molecule has 4 heteroatoms. The molecule has 1 aliphatic heterocycles. The number of fused-ring (bicyclic) bond motifs is 2. The lowest BCUT2D eigenvalue weighted by atomic mass is 9.80. The summed E-state index contributed by atoms with van der Waals surface area (Å²) in [7, 11) is 0. The Morgan fingerprint density at radius 3 is 2.74 bits per heavy atom. The number of thiocarbonyl (C=S) groups is 1. The van der Waals surface area contributed by atoms with Crippen molar-refractivity contribution in [1.82, 2.24) is 0 Å². The highest BCUT2D eigenvalue weighted by Gasteiger charge is 2.42. The summed E-state index contributed by atoms with van der Waals surface area (Å²) >= 11 is 5.36. The second kappa shape index (κ2) is 4.78. The van der Waals surface area contributed by atoms with E-state index in [0.717, 1.165) is 23.1 Å². The lowest BCUT2D eigenvalue weighted by molar-refractivity contribution is -0.190. The van der Waals surface area contributed by atoms with Gasteiger partial charge in [-0.1, -0.05) is 24.8 Å². The topological polar surface area (TPSA) is 35.5 Å². The molecule has 0 radical (unpaired) electrons. The Morgan fingerprint density at radius 1 is 1.30 bits per heavy atom. The molecule has 1 heterocycles.